The first-order valence-corrected chi connectivity index (χ1v) is 16.8. The molecule has 0 spiro atoms. The second-order valence-electron chi connectivity index (χ2n) is 11.3. The first-order valence-electron chi connectivity index (χ1n) is 13.9. The Balaban J connectivity index is 1.14. The number of nitrogens with zero attached hydrogens (tertiary/aromatic N) is 3. The van der Waals surface area contributed by atoms with E-state index in [-0.39, 0.29) is 45.1 Å². The van der Waals surface area contributed by atoms with Crippen LogP contribution < -0.4 is 5.32 Å². The largest absolute Gasteiger partial charge is 0.504 e. The van der Waals surface area contributed by atoms with E-state index in [2.05, 4.69) is 10.3 Å². The van der Waals surface area contributed by atoms with Gasteiger partial charge in [-0.2, -0.15) is 0 Å². The summed E-state index contributed by atoms with van der Waals surface area (Å²) >= 11 is 7.06. The topological polar surface area (TPSA) is 160 Å². The van der Waals surface area contributed by atoms with Gasteiger partial charge in [0.2, 0.25) is 17.7 Å². The van der Waals surface area contributed by atoms with Crippen molar-refractivity contribution in [2.75, 3.05) is 13.1 Å². The predicted molar refractivity (Wildman–Crippen MR) is 157 cm³/mol. The SMILES string of the molecule is O=C(N[C@H]1CCC[C@H]2CC[C@@H](C(=O)N3CC(c4ccnc(Cl)c4O)C3)N2C1=O)c1cc2cc([C@@H](F)P(=O)(O)O)ccc2s1. The lowest BCUT2D eigenvalue weighted by atomic mass is 9.90. The van der Waals surface area contributed by atoms with E-state index < -0.39 is 31.5 Å². The average molecular weight is 651 g/mol. The van der Waals surface area contributed by atoms with Gasteiger partial charge in [-0.15, -0.1) is 11.3 Å². The van der Waals surface area contributed by atoms with Crippen molar-refractivity contribution < 1.29 is 38.2 Å². The minimum Gasteiger partial charge on any atom is -0.504 e. The summed E-state index contributed by atoms with van der Waals surface area (Å²) in [7, 11) is -4.98. The van der Waals surface area contributed by atoms with Crippen LogP contribution in [0.2, 0.25) is 5.15 Å². The maximum atomic E-state index is 14.2. The third-order valence-corrected chi connectivity index (χ3v) is 10.8. The summed E-state index contributed by atoms with van der Waals surface area (Å²) in [5.41, 5.74) is 0.445. The number of thiophene rings is 1. The van der Waals surface area contributed by atoms with Crippen molar-refractivity contribution in [1.82, 2.24) is 20.1 Å². The first-order chi connectivity index (χ1) is 20.4. The molecule has 6 rings (SSSR count). The molecule has 0 bridgehead atoms. The molecule has 5 heterocycles. The molecule has 3 aliphatic heterocycles. The lowest BCUT2D eigenvalue weighted by Gasteiger charge is -2.42. The highest BCUT2D eigenvalue weighted by Crippen LogP contribution is 2.53. The standard InChI is InChI=1S/C28H29ClFN4O7PS/c29-24-23(35)18(8-9-31-24)16-12-33(13-16)28(38)20-6-5-17-2-1-3-19(27(37)34(17)20)32-26(36)22-11-15-10-14(4-7-21(15)43-22)25(30)42(39,40)41/h4,7-11,16-17,19-20,25,35H,1-3,5-6,12-13H2,(H,32,36)(H2,39,40,41)/t17-,19-,20-,25-/m0/s1. The number of nitrogens with one attached hydrogen (secondary N) is 1. The second kappa shape index (κ2) is 11.4. The van der Waals surface area contributed by atoms with Gasteiger partial charge in [0.25, 0.3) is 5.91 Å². The van der Waals surface area contributed by atoms with E-state index in [1.807, 2.05) is 0 Å². The summed E-state index contributed by atoms with van der Waals surface area (Å²) in [5.74, 6) is -3.58. The van der Waals surface area contributed by atoms with E-state index in [1.165, 1.54) is 30.5 Å². The molecule has 0 radical (unpaired) electrons. The number of amides is 3. The molecule has 43 heavy (non-hydrogen) atoms. The number of likely N-dealkylation sites (tertiary alicyclic amines) is 1. The number of fused-ring (bicyclic) bond motifs is 2. The van der Waals surface area contributed by atoms with Gasteiger partial charge in [0.05, 0.1) is 4.88 Å². The molecule has 4 atom stereocenters. The van der Waals surface area contributed by atoms with Crippen molar-refractivity contribution >= 4 is 58.3 Å². The smallest absolute Gasteiger partial charge is 0.363 e. The Morgan fingerprint density at radius 2 is 1.91 bits per heavy atom. The van der Waals surface area contributed by atoms with Crippen LogP contribution in [-0.4, -0.2) is 78.6 Å². The normalized spacial score (nSPS) is 23.5. The number of halogens is 2. The van der Waals surface area contributed by atoms with Crippen LogP contribution in [0.1, 0.15) is 64.7 Å². The molecule has 2 aromatic heterocycles. The van der Waals surface area contributed by atoms with Gasteiger partial charge in [-0.1, -0.05) is 17.7 Å². The highest BCUT2D eigenvalue weighted by atomic mass is 35.5. The van der Waals surface area contributed by atoms with E-state index in [9.17, 15) is 38.2 Å². The Bertz CT molecular complexity index is 1660. The lowest BCUT2D eigenvalue weighted by molar-refractivity contribution is -0.148. The van der Waals surface area contributed by atoms with Crippen LogP contribution in [-0.2, 0) is 14.2 Å². The summed E-state index contributed by atoms with van der Waals surface area (Å²) in [6.07, 6.45) is 4.59. The van der Waals surface area contributed by atoms with Gasteiger partial charge in [0.15, 0.2) is 10.9 Å². The van der Waals surface area contributed by atoms with Gasteiger partial charge in [0.1, 0.15) is 12.1 Å². The Morgan fingerprint density at radius 1 is 1.14 bits per heavy atom. The van der Waals surface area contributed by atoms with E-state index in [0.717, 1.165) is 17.8 Å². The fraction of sp³-hybridized carbons (Fsp3) is 0.429. The Labute approximate surface area is 254 Å². The molecular formula is C28H29ClFN4O7PS. The average Bonchev–Trinajstić information content (AvgIpc) is 3.53. The number of pyridine rings is 1. The van der Waals surface area contributed by atoms with Gasteiger partial charge in [-0.05, 0) is 67.3 Å². The quantitative estimate of drug-likeness (QED) is 0.229. The highest BCUT2D eigenvalue weighted by Gasteiger charge is 2.47. The molecule has 3 amide bonds. The molecule has 3 fully saturated rings. The van der Waals surface area contributed by atoms with Gasteiger partial charge in [0, 0.05) is 41.5 Å². The number of hydrogen-bond acceptors (Lipinski definition) is 7. The Hall–Kier alpha value is -3.09. The van der Waals surface area contributed by atoms with Crippen molar-refractivity contribution in [3.05, 3.63) is 57.7 Å². The summed E-state index contributed by atoms with van der Waals surface area (Å²) in [6.45, 7) is 0.780. The Kier molecular flexibility index (Phi) is 7.97. The molecule has 15 heteroatoms. The summed E-state index contributed by atoms with van der Waals surface area (Å²) in [5, 5.41) is 13.5. The first kappa shape index (κ1) is 30.0. The van der Waals surface area contributed by atoms with Crippen molar-refractivity contribution in [1.29, 1.82) is 0 Å². The number of rotatable bonds is 6. The van der Waals surface area contributed by atoms with Gasteiger partial charge < -0.3 is 30.0 Å². The number of hydrogen-bond donors (Lipinski definition) is 4. The highest BCUT2D eigenvalue weighted by molar-refractivity contribution is 7.51. The van der Waals surface area contributed by atoms with Crippen LogP contribution in [0, 0.1) is 0 Å². The molecule has 3 aromatic rings. The zero-order chi connectivity index (χ0) is 30.6. The third-order valence-electron chi connectivity index (χ3n) is 8.55. The van der Waals surface area contributed by atoms with Crippen LogP contribution in [0.3, 0.4) is 0 Å². The van der Waals surface area contributed by atoms with Crippen molar-refractivity contribution in [2.24, 2.45) is 0 Å². The molecule has 0 saturated carbocycles. The number of benzene rings is 1. The zero-order valence-corrected chi connectivity index (χ0v) is 25.2. The van der Waals surface area contributed by atoms with Crippen molar-refractivity contribution in [2.45, 2.75) is 62.1 Å². The van der Waals surface area contributed by atoms with E-state index in [0.29, 0.717) is 54.4 Å². The maximum absolute atomic E-state index is 14.2. The van der Waals surface area contributed by atoms with E-state index in [4.69, 9.17) is 11.6 Å². The molecule has 1 aromatic carbocycles. The van der Waals surface area contributed by atoms with Gasteiger partial charge in [-0.25, -0.2) is 9.37 Å². The summed E-state index contributed by atoms with van der Waals surface area (Å²) in [6, 6.07) is 5.73. The number of alkyl halides is 1. The summed E-state index contributed by atoms with van der Waals surface area (Å²) in [4.78, 5) is 66.3. The predicted octanol–water partition coefficient (Wildman–Crippen LogP) is 4.07. The number of carbonyl (C=O) groups excluding carboxylic acids is 3. The molecule has 0 aliphatic carbocycles. The monoisotopic (exact) mass is 650 g/mol. The lowest BCUT2D eigenvalue weighted by Crippen LogP contribution is -2.58. The van der Waals surface area contributed by atoms with Crippen LogP contribution in [0.5, 0.6) is 5.75 Å². The van der Waals surface area contributed by atoms with Crippen LogP contribution >= 0.6 is 30.5 Å². The van der Waals surface area contributed by atoms with Gasteiger partial charge >= 0.3 is 7.60 Å². The number of aromatic hydroxyl groups is 1. The molecule has 3 saturated heterocycles. The molecule has 4 N–H and O–H groups in total. The number of carbonyl (C=O) groups is 3. The maximum Gasteiger partial charge on any atom is 0.363 e. The van der Waals surface area contributed by atoms with Gasteiger partial charge in [-0.3, -0.25) is 18.9 Å². The molecule has 0 unspecified atom stereocenters. The minimum atomic E-state index is -4.98. The summed E-state index contributed by atoms with van der Waals surface area (Å²) < 4.78 is 26.2. The molecule has 11 nitrogen and oxygen atoms in total. The Morgan fingerprint density at radius 3 is 2.65 bits per heavy atom. The van der Waals surface area contributed by atoms with E-state index in [1.54, 1.807) is 15.9 Å². The van der Waals surface area contributed by atoms with E-state index >= 15 is 0 Å². The van der Waals surface area contributed by atoms with Crippen LogP contribution in [0.25, 0.3) is 10.1 Å². The minimum absolute atomic E-state index is 0.0119. The van der Waals surface area contributed by atoms with Crippen molar-refractivity contribution in [3.8, 4) is 5.75 Å². The zero-order valence-electron chi connectivity index (χ0n) is 22.7. The molecular weight excluding hydrogens is 622 g/mol. The fourth-order valence-corrected chi connectivity index (χ4v) is 7.98. The fourth-order valence-electron chi connectivity index (χ4n) is 6.32. The third kappa shape index (κ3) is 5.64. The molecule has 3 aliphatic rings. The number of aromatic nitrogens is 1. The molecule has 228 valence electrons. The van der Waals surface area contributed by atoms with Crippen LogP contribution in [0.15, 0.2) is 36.5 Å². The van der Waals surface area contributed by atoms with Crippen LogP contribution in [0.4, 0.5) is 4.39 Å². The second-order valence-corrected chi connectivity index (χ2v) is 14.3. The van der Waals surface area contributed by atoms with Crippen molar-refractivity contribution in [3.63, 3.8) is 0 Å².